The van der Waals surface area contributed by atoms with Gasteiger partial charge in [0.25, 0.3) is 0 Å². The van der Waals surface area contributed by atoms with Gasteiger partial charge < -0.3 is 43.4 Å². The number of halogens is 1. The molecule has 3 atom stereocenters. The Morgan fingerprint density at radius 2 is 1.70 bits per heavy atom. The Morgan fingerprint density at radius 3 is 2.30 bits per heavy atom. The van der Waals surface area contributed by atoms with Crippen LogP contribution in [0.3, 0.4) is 0 Å². The number of hydrogen-bond donors (Lipinski definition) is 6. The lowest BCUT2D eigenvalue weighted by atomic mass is 9.80. The highest BCUT2D eigenvalue weighted by Crippen LogP contribution is 2.55. The number of amides is 1. The summed E-state index contributed by atoms with van der Waals surface area (Å²) in [5, 5.41) is 9.13. The fourth-order valence-electron chi connectivity index (χ4n) is 7.78. The number of pyridine rings is 1. The predicted molar refractivity (Wildman–Crippen MR) is 194 cm³/mol. The van der Waals surface area contributed by atoms with Crippen LogP contribution in [-0.2, 0) is 23.9 Å². The molecule has 294 valence electrons. The Morgan fingerprint density at radius 1 is 1.02 bits per heavy atom. The zero-order valence-corrected chi connectivity index (χ0v) is 32.2. The van der Waals surface area contributed by atoms with E-state index in [0.29, 0.717) is 25.9 Å². The van der Waals surface area contributed by atoms with E-state index in [2.05, 4.69) is 0 Å². The van der Waals surface area contributed by atoms with Crippen molar-refractivity contribution in [3.8, 4) is 11.5 Å². The molecule has 3 aromatic rings. The number of fused-ring (bicyclic) bond motifs is 2. The van der Waals surface area contributed by atoms with Gasteiger partial charge in [0.1, 0.15) is 22.9 Å². The second kappa shape index (κ2) is 14.2. The number of carbonyl (C=O) groups excluding carboxylic acids is 1. The first-order valence-electron chi connectivity index (χ1n) is 17.0. The molecular weight excluding hydrogens is 774 g/mol. The lowest BCUT2D eigenvalue weighted by molar-refractivity contribution is -0.136. The fourth-order valence-corrected chi connectivity index (χ4v) is 11.5. The van der Waals surface area contributed by atoms with Crippen molar-refractivity contribution < 1.29 is 66.5 Å². The van der Waals surface area contributed by atoms with Crippen LogP contribution in [0.4, 0.5) is 10.1 Å². The number of carbonyl (C=O) groups is 2. The summed E-state index contributed by atoms with van der Waals surface area (Å²) in [7, 11) is -13.5. The number of anilines is 1. The SMILES string of the molecule is COc1c(N2CC3CCCN(C(=O)CC(C)(C)c4cc(P(=O)(O)CP(=O)(O)O)ccc4OP(=O)(O)O)C3C2)c(F)cc2c(=O)c(C(=O)O)cn(C3CC3)c12. The van der Waals surface area contributed by atoms with Crippen LogP contribution in [0, 0.1) is 11.7 Å². The molecule has 6 rings (SSSR count). The number of aromatic nitrogens is 1. The number of hydrogen-bond acceptors (Lipinski definition) is 9. The molecule has 0 radical (unpaired) electrons. The van der Waals surface area contributed by atoms with Gasteiger partial charge in [0, 0.05) is 54.6 Å². The second-order valence-electron chi connectivity index (χ2n) is 14.7. The van der Waals surface area contributed by atoms with E-state index in [1.165, 1.54) is 13.3 Å². The molecule has 2 aromatic carbocycles. The molecule has 1 aliphatic carbocycles. The third-order valence-corrected chi connectivity index (χ3v) is 14.8. The first-order valence-corrected chi connectivity index (χ1v) is 22.2. The summed E-state index contributed by atoms with van der Waals surface area (Å²) in [6, 6.07) is 3.55. The third kappa shape index (κ3) is 8.03. The van der Waals surface area contributed by atoms with Crippen LogP contribution in [0.1, 0.15) is 67.9 Å². The van der Waals surface area contributed by atoms with Crippen molar-refractivity contribution in [1.29, 1.82) is 0 Å². The smallest absolute Gasteiger partial charge is 0.492 e. The number of ether oxygens (including phenoxy) is 1. The van der Waals surface area contributed by atoms with Crippen molar-refractivity contribution >= 4 is 56.6 Å². The zero-order chi connectivity index (χ0) is 39.7. The number of piperidine rings is 1. The number of likely N-dealkylation sites (tertiary alicyclic amines) is 1. The summed E-state index contributed by atoms with van der Waals surface area (Å²) in [5.41, 5.74) is -2.35. The van der Waals surface area contributed by atoms with Crippen LogP contribution >= 0.6 is 22.8 Å². The number of phosphoric acid groups is 1. The highest BCUT2D eigenvalue weighted by Gasteiger charge is 2.45. The summed E-state index contributed by atoms with van der Waals surface area (Å²) in [5.74, 6) is -4.43. The normalized spacial score (nSPS) is 20.5. The molecule has 3 aliphatic rings. The molecule has 21 heteroatoms. The number of benzene rings is 2. The minimum atomic E-state index is -5.17. The maximum Gasteiger partial charge on any atom is 0.524 e. The van der Waals surface area contributed by atoms with Crippen molar-refractivity contribution in [2.75, 3.05) is 37.5 Å². The van der Waals surface area contributed by atoms with Gasteiger partial charge >= 0.3 is 21.4 Å². The van der Waals surface area contributed by atoms with Crippen LogP contribution in [0.15, 0.2) is 35.3 Å². The van der Waals surface area contributed by atoms with Gasteiger partial charge in [0.05, 0.1) is 24.1 Å². The van der Waals surface area contributed by atoms with Gasteiger partial charge in [-0.05, 0) is 55.9 Å². The Hall–Kier alpha value is -3.59. The quantitative estimate of drug-likeness (QED) is 0.143. The Bertz CT molecular complexity index is 2250. The summed E-state index contributed by atoms with van der Waals surface area (Å²) in [6.45, 7) is 3.93. The maximum absolute atomic E-state index is 16.1. The number of phosphoric ester groups is 1. The average Bonchev–Trinajstić information content (AvgIpc) is 3.79. The fraction of sp³-hybridized carbons (Fsp3) is 0.485. The van der Waals surface area contributed by atoms with Crippen molar-refractivity contribution in [2.45, 2.75) is 63.5 Å². The molecule has 1 saturated carbocycles. The van der Waals surface area contributed by atoms with Crippen LogP contribution in [0.5, 0.6) is 11.5 Å². The van der Waals surface area contributed by atoms with E-state index in [9.17, 15) is 57.7 Å². The summed E-state index contributed by atoms with van der Waals surface area (Å²) >= 11 is 0. The number of aromatic carboxylic acids is 1. The molecule has 3 heterocycles. The molecule has 2 saturated heterocycles. The molecule has 1 aromatic heterocycles. The lowest BCUT2D eigenvalue weighted by Crippen LogP contribution is -2.49. The van der Waals surface area contributed by atoms with Crippen molar-refractivity contribution in [3.05, 3.63) is 57.6 Å². The minimum absolute atomic E-state index is 0.0611. The molecule has 54 heavy (non-hydrogen) atoms. The van der Waals surface area contributed by atoms with Crippen LogP contribution in [0.25, 0.3) is 10.9 Å². The largest absolute Gasteiger partial charge is 0.524 e. The molecule has 3 unspecified atom stereocenters. The standard InChI is InChI=1S/C33H41FN3O14P3/c1-33(2,23-11-20(52(42,43)17-53(44,45)46)8-9-26(23)51-54(47,48)49)13-27(38)36-10-4-5-18-14-35(16-25(18)36)29-24(34)12-21-28(31(29)50-3)37(19-6-7-19)15-22(30(21)39)32(40)41/h8-9,11-12,15,18-19,25H,4-7,10,13-14,16-17H2,1-3H3,(H,40,41)(H,42,43)(H2,44,45,46)(H2,47,48,49). The second-order valence-corrected chi connectivity index (χ2v) is 20.3. The third-order valence-electron chi connectivity index (χ3n) is 10.3. The number of nitrogens with zero attached hydrogens (tertiary/aromatic N) is 3. The summed E-state index contributed by atoms with van der Waals surface area (Å²) < 4.78 is 64.9. The van der Waals surface area contributed by atoms with E-state index < -0.39 is 74.0 Å². The topological polar surface area (TPSA) is 254 Å². The van der Waals surface area contributed by atoms with Crippen molar-refractivity contribution in [3.63, 3.8) is 0 Å². The predicted octanol–water partition coefficient (Wildman–Crippen LogP) is 3.48. The number of methoxy groups -OCH3 is 1. The monoisotopic (exact) mass is 815 g/mol. The minimum Gasteiger partial charge on any atom is -0.492 e. The average molecular weight is 816 g/mol. The van der Waals surface area contributed by atoms with E-state index in [0.717, 1.165) is 37.1 Å². The van der Waals surface area contributed by atoms with E-state index in [4.69, 9.17) is 9.26 Å². The van der Waals surface area contributed by atoms with E-state index in [-0.39, 0.29) is 58.7 Å². The van der Waals surface area contributed by atoms with Gasteiger partial charge in [-0.1, -0.05) is 13.8 Å². The molecule has 0 bridgehead atoms. The molecule has 3 fully saturated rings. The maximum atomic E-state index is 16.1. The van der Waals surface area contributed by atoms with Gasteiger partial charge in [-0.15, -0.1) is 0 Å². The van der Waals surface area contributed by atoms with Gasteiger partial charge in [0.2, 0.25) is 18.7 Å². The molecule has 17 nitrogen and oxygen atoms in total. The summed E-state index contributed by atoms with van der Waals surface area (Å²) in [6.07, 6.45) is 3.75. The molecule has 1 amide bonds. The highest BCUT2D eigenvalue weighted by atomic mass is 31.2. The van der Waals surface area contributed by atoms with Crippen molar-refractivity contribution in [1.82, 2.24) is 9.47 Å². The van der Waals surface area contributed by atoms with Gasteiger partial charge in [0.15, 0.2) is 11.6 Å². The molecule has 0 spiro atoms. The molecule has 2 aliphatic heterocycles. The van der Waals surface area contributed by atoms with Crippen molar-refractivity contribution in [2.24, 2.45) is 5.92 Å². The molecule has 6 N–H and O–H groups in total. The number of carboxylic acid groups (broad SMARTS) is 1. The Labute approximate surface area is 308 Å². The van der Waals surface area contributed by atoms with Gasteiger partial charge in [-0.2, -0.15) is 0 Å². The van der Waals surface area contributed by atoms with Crippen LogP contribution in [0.2, 0.25) is 0 Å². The van der Waals surface area contributed by atoms with Crippen LogP contribution in [-0.4, -0.2) is 89.6 Å². The Balaban J connectivity index is 1.32. The highest BCUT2D eigenvalue weighted by molar-refractivity contribution is 7.77. The van der Waals surface area contributed by atoms with Crippen LogP contribution < -0.4 is 24.9 Å². The van der Waals surface area contributed by atoms with Gasteiger partial charge in [-0.3, -0.25) is 28.5 Å². The first-order chi connectivity index (χ1) is 25.0. The van der Waals surface area contributed by atoms with Gasteiger partial charge in [-0.25, -0.2) is 13.8 Å². The first kappa shape index (κ1) is 40.1. The van der Waals surface area contributed by atoms with E-state index in [1.54, 1.807) is 28.2 Å². The lowest BCUT2D eigenvalue weighted by Gasteiger charge is -2.39. The number of rotatable bonds is 12. The molecular formula is C33H41FN3O14P3. The summed E-state index contributed by atoms with van der Waals surface area (Å²) in [4.78, 5) is 91.2. The van der Waals surface area contributed by atoms with E-state index in [1.807, 2.05) is 0 Å². The Kier molecular flexibility index (Phi) is 10.5. The zero-order valence-electron chi connectivity index (χ0n) is 29.5. The van der Waals surface area contributed by atoms with E-state index >= 15 is 4.39 Å². The number of carboxylic acids is 1.